The van der Waals surface area contributed by atoms with Gasteiger partial charge in [-0.3, -0.25) is 9.52 Å². The van der Waals surface area contributed by atoms with Crippen LogP contribution in [0.15, 0.2) is 47.4 Å². The molecule has 152 valence electrons. The Morgan fingerprint density at radius 2 is 1.89 bits per heavy atom. The average molecular weight is 428 g/mol. The topological polar surface area (TPSA) is 78.5 Å². The molecule has 1 saturated heterocycles. The van der Waals surface area contributed by atoms with Crippen LogP contribution in [0.25, 0.3) is 0 Å². The van der Waals surface area contributed by atoms with Gasteiger partial charge < -0.3 is 10.2 Å². The van der Waals surface area contributed by atoms with Gasteiger partial charge in [0.2, 0.25) is 0 Å². The lowest BCUT2D eigenvalue weighted by Crippen LogP contribution is -2.52. The summed E-state index contributed by atoms with van der Waals surface area (Å²) < 4.78 is 40.8. The Kier molecular flexibility index (Phi) is 7.03. The number of nitrogens with one attached hydrogen (secondary N) is 2. The van der Waals surface area contributed by atoms with Crippen molar-refractivity contribution >= 4 is 34.0 Å². The van der Waals surface area contributed by atoms with Crippen molar-refractivity contribution in [2.24, 2.45) is 0 Å². The largest absolute Gasteiger partial charge is 0.333 e. The third kappa shape index (κ3) is 4.81. The number of benzene rings is 2. The molecule has 1 aliphatic rings. The standard InChI is InChI=1S/C19H22FN3O3S.ClH/c1-13-3-8-17(27(25,26)22-16-6-4-15(20)5-7-16)11-18(13)19(24)23-10-9-21-12-14(23)2;/h3-8,11,14,21-22H,9-10,12H2,1-2H3;1H/t14-;/m1./s1. The first-order valence-electron chi connectivity index (χ1n) is 8.68. The molecule has 0 saturated carbocycles. The molecule has 2 N–H and O–H groups in total. The molecule has 2 aromatic rings. The minimum atomic E-state index is -3.90. The van der Waals surface area contributed by atoms with Gasteiger partial charge in [0.25, 0.3) is 15.9 Å². The van der Waals surface area contributed by atoms with Crippen molar-refractivity contribution in [3.05, 3.63) is 59.4 Å². The molecule has 0 radical (unpaired) electrons. The molecule has 0 spiro atoms. The predicted octanol–water partition coefficient (Wildman–Crippen LogP) is 2.79. The first-order valence-corrected chi connectivity index (χ1v) is 10.2. The lowest BCUT2D eigenvalue weighted by Gasteiger charge is -2.34. The summed E-state index contributed by atoms with van der Waals surface area (Å²) in [7, 11) is -3.90. The number of amides is 1. The van der Waals surface area contributed by atoms with Crippen LogP contribution >= 0.6 is 12.4 Å². The van der Waals surface area contributed by atoms with Crippen LogP contribution < -0.4 is 10.0 Å². The molecule has 0 aromatic heterocycles. The highest BCUT2D eigenvalue weighted by Gasteiger charge is 2.26. The zero-order valence-electron chi connectivity index (χ0n) is 15.6. The zero-order chi connectivity index (χ0) is 19.6. The molecule has 28 heavy (non-hydrogen) atoms. The van der Waals surface area contributed by atoms with Crippen LogP contribution in [0.3, 0.4) is 0 Å². The van der Waals surface area contributed by atoms with Gasteiger partial charge in [0.15, 0.2) is 0 Å². The number of anilines is 1. The fourth-order valence-electron chi connectivity index (χ4n) is 3.03. The highest BCUT2D eigenvalue weighted by molar-refractivity contribution is 7.92. The Hall–Kier alpha value is -2.16. The normalized spacial score (nSPS) is 17.0. The molecule has 0 unspecified atom stereocenters. The van der Waals surface area contributed by atoms with Crippen LogP contribution in [0.2, 0.25) is 0 Å². The number of carbonyl (C=O) groups is 1. The van der Waals surface area contributed by atoms with E-state index in [9.17, 15) is 17.6 Å². The first-order chi connectivity index (χ1) is 12.8. The van der Waals surface area contributed by atoms with Crippen molar-refractivity contribution in [2.45, 2.75) is 24.8 Å². The van der Waals surface area contributed by atoms with E-state index in [1.54, 1.807) is 17.9 Å². The molecule has 2 aromatic carbocycles. The Balaban J connectivity index is 0.00000280. The summed E-state index contributed by atoms with van der Waals surface area (Å²) in [5.74, 6) is -0.633. The van der Waals surface area contributed by atoms with Gasteiger partial charge in [-0.05, 0) is 55.8 Å². The SMILES string of the molecule is Cc1ccc(S(=O)(=O)Nc2ccc(F)cc2)cc1C(=O)N1CCNC[C@H]1C.Cl. The van der Waals surface area contributed by atoms with Gasteiger partial charge in [-0.2, -0.15) is 0 Å². The molecule has 1 fully saturated rings. The van der Waals surface area contributed by atoms with E-state index in [0.29, 0.717) is 30.8 Å². The van der Waals surface area contributed by atoms with Gasteiger partial charge in [0.05, 0.1) is 4.90 Å². The molecule has 1 aliphatic heterocycles. The number of sulfonamides is 1. The van der Waals surface area contributed by atoms with E-state index < -0.39 is 15.8 Å². The number of piperazine rings is 1. The monoisotopic (exact) mass is 427 g/mol. The summed E-state index contributed by atoms with van der Waals surface area (Å²) in [5.41, 5.74) is 1.33. The van der Waals surface area contributed by atoms with Gasteiger partial charge in [0.1, 0.15) is 5.82 Å². The zero-order valence-corrected chi connectivity index (χ0v) is 17.2. The van der Waals surface area contributed by atoms with Crippen LogP contribution in [-0.2, 0) is 10.0 Å². The molecule has 0 aliphatic carbocycles. The van der Waals surface area contributed by atoms with E-state index in [-0.39, 0.29) is 34.9 Å². The minimum absolute atomic E-state index is 0. The summed E-state index contributed by atoms with van der Waals surface area (Å²) in [6.45, 7) is 5.72. The summed E-state index contributed by atoms with van der Waals surface area (Å²) in [6, 6.07) is 9.55. The molecular weight excluding hydrogens is 405 g/mol. The van der Waals surface area contributed by atoms with E-state index in [1.165, 1.54) is 36.4 Å². The van der Waals surface area contributed by atoms with Crippen LogP contribution in [0, 0.1) is 12.7 Å². The minimum Gasteiger partial charge on any atom is -0.333 e. The Labute approximate surface area is 170 Å². The fourth-order valence-corrected chi connectivity index (χ4v) is 4.11. The maximum Gasteiger partial charge on any atom is 0.261 e. The molecule has 1 amide bonds. The molecule has 6 nitrogen and oxygen atoms in total. The number of hydrogen-bond acceptors (Lipinski definition) is 4. The molecule has 3 rings (SSSR count). The smallest absolute Gasteiger partial charge is 0.261 e. The third-order valence-corrected chi connectivity index (χ3v) is 5.99. The van der Waals surface area contributed by atoms with Crippen molar-refractivity contribution in [3.8, 4) is 0 Å². The Morgan fingerprint density at radius 3 is 2.54 bits per heavy atom. The molecule has 1 heterocycles. The van der Waals surface area contributed by atoms with E-state index in [0.717, 1.165) is 0 Å². The van der Waals surface area contributed by atoms with Gasteiger partial charge in [-0.1, -0.05) is 6.07 Å². The van der Waals surface area contributed by atoms with Crippen molar-refractivity contribution in [1.82, 2.24) is 10.2 Å². The van der Waals surface area contributed by atoms with Crippen molar-refractivity contribution < 1.29 is 17.6 Å². The number of nitrogens with zero attached hydrogens (tertiary/aromatic N) is 1. The van der Waals surface area contributed by atoms with E-state index in [1.807, 2.05) is 6.92 Å². The van der Waals surface area contributed by atoms with Gasteiger partial charge >= 0.3 is 0 Å². The number of rotatable bonds is 4. The number of carbonyl (C=O) groups excluding carboxylic acids is 1. The number of hydrogen-bond donors (Lipinski definition) is 2. The lowest BCUT2D eigenvalue weighted by molar-refractivity contribution is 0.0654. The summed E-state index contributed by atoms with van der Waals surface area (Å²) in [4.78, 5) is 14.7. The second-order valence-electron chi connectivity index (χ2n) is 6.64. The summed E-state index contributed by atoms with van der Waals surface area (Å²) in [5, 5.41) is 3.23. The molecule has 9 heteroatoms. The maximum absolute atomic E-state index is 13.0. The molecule has 1 atom stereocenters. The maximum atomic E-state index is 13.0. The fraction of sp³-hybridized carbons (Fsp3) is 0.316. The van der Waals surface area contributed by atoms with Crippen LogP contribution in [0.5, 0.6) is 0 Å². The second-order valence-corrected chi connectivity index (χ2v) is 8.32. The van der Waals surface area contributed by atoms with Gasteiger partial charge in [-0.15, -0.1) is 12.4 Å². The molecule has 0 bridgehead atoms. The summed E-state index contributed by atoms with van der Waals surface area (Å²) in [6.07, 6.45) is 0. The number of halogens is 2. The molecular formula is C19H23ClFN3O3S. The average Bonchev–Trinajstić information content (AvgIpc) is 2.63. The van der Waals surface area contributed by atoms with Crippen molar-refractivity contribution in [3.63, 3.8) is 0 Å². The quantitative estimate of drug-likeness (QED) is 0.786. The predicted molar refractivity (Wildman–Crippen MR) is 109 cm³/mol. The van der Waals surface area contributed by atoms with Crippen molar-refractivity contribution in [2.75, 3.05) is 24.4 Å². The number of aryl methyl sites for hydroxylation is 1. The first kappa shape index (κ1) is 22.1. The van der Waals surface area contributed by atoms with E-state index in [2.05, 4.69) is 10.0 Å². The highest BCUT2D eigenvalue weighted by atomic mass is 35.5. The summed E-state index contributed by atoms with van der Waals surface area (Å²) >= 11 is 0. The van der Waals surface area contributed by atoms with Gasteiger partial charge in [-0.25, -0.2) is 12.8 Å². The van der Waals surface area contributed by atoms with Crippen molar-refractivity contribution in [1.29, 1.82) is 0 Å². The van der Waals surface area contributed by atoms with Crippen LogP contribution in [-0.4, -0.2) is 44.9 Å². The van der Waals surface area contributed by atoms with Crippen LogP contribution in [0.4, 0.5) is 10.1 Å². The Bertz CT molecular complexity index is 951. The van der Waals surface area contributed by atoms with E-state index >= 15 is 0 Å². The van der Waals surface area contributed by atoms with Crippen LogP contribution in [0.1, 0.15) is 22.8 Å². The van der Waals surface area contributed by atoms with Gasteiger partial charge in [0, 0.05) is 36.9 Å². The highest BCUT2D eigenvalue weighted by Crippen LogP contribution is 2.21. The lowest BCUT2D eigenvalue weighted by atomic mass is 10.1. The second kappa shape index (κ2) is 8.89. The third-order valence-electron chi connectivity index (χ3n) is 4.61. The van der Waals surface area contributed by atoms with E-state index in [4.69, 9.17) is 0 Å². The Morgan fingerprint density at radius 1 is 1.21 bits per heavy atom.